The molecule has 1 N–H and O–H groups in total. The summed E-state index contributed by atoms with van der Waals surface area (Å²) in [5.41, 5.74) is 2.41. The van der Waals surface area contributed by atoms with Crippen LogP contribution >= 0.6 is 0 Å². The van der Waals surface area contributed by atoms with Crippen LogP contribution in [0.25, 0.3) is 10.9 Å². The first-order valence-electron chi connectivity index (χ1n) is 8.12. The number of nitrogens with zero attached hydrogens (tertiary/aromatic N) is 2. The molecule has 0 radical (unpaired) electrons. The molecule has 3 heteroatoms. The molecule has 1 heterocycles. The first kappa shape index (κ1) is 14.3. The molecule has 1 fully saturated rings. The number of fused-ring (bicyclic) bond motifs is 1. The lowest BCUT2D eigenvalue weighted by atomic mass is 9.91. The fraction of sp³-hybridized carbons (Fsp3) is 0.500. The molecular weight excluding hydrogens is 258 g/mol. The molecule has 1 aromatic carbocycles. The molecule has 3 nitrogen and oxygen atoms in total. The van der Waals surface area contributed by atoms with Gasteiger partial charge in [0, 0.05) is 30.6 Å². The molecule has 21 heavy (non-hydrogen) atoms. The van der Waals surface area contributed by atoms with Crippen molar-refractivity contribution >= 4 is 16.7 Å². The number of hydrogen-bond donors (Lipinski definition) is 1. The Bertz CT molecular complexity index is 604. The van der Waals surface area contributed by atoms with Crippen molar-refractivity contribution in [2.24, 2.45) is 0 Å². The van der Waals surface area contributed by atoms with Crippen molar-refractivity contribution < 1.29 is 0 Å². The lowest BCUT2D eigenvalue weighted by Crippen LogP contribution is -2.38. The predicted molar refractivity (Wildman–Crippen MR) is 89.8 cm³/mol. The summed E-state index contributed by atoms with van der Waals surface area (Å²) in [6, 6.07) is 11.4. The average Bonchev–Trinajstić information content (AvgIpc) is 2.45. The van der Waals surface area contributed by atoms with Crippen LogP contribution in [0.5, 0.6) is 0 Å². The molecule has 0 spiro atoms. The van der Waals surface area contributed by atoms with Crippen molar-refractivity contribution in [3.05, 3.63) is 35.9 Å². The number of para-hydroxylation sites is 1. The summed E-state index contributed by atoms with van der Waals surface area (Å²) in [6.07, 6.45) is 5.11. The minimum atomic E-state index is 0.670. The van der Waals surface area contributed by atoms with Crippen molar-refractivity contribution in [3.63, 3.8) is 0 Å². The average molecular weight is 283 g/mol. The van der Waals surface area contributed by atoms with E-state index in [4.69, 9.17) is 4.98 Å². The molecule has 2 aromatic rings. The van der Waals surface area contributed by atoms with Crippen LogP contribution in [-0.4, -0.2) is 24.6 Å². The zero-order valence-electron chi connectivity index (χ0n) is 13.1. The highest BCUT2D eigenvalue weighted by molar-refractivity contribution is 5.81. The topological polar surface area (TPSA) is 28.2 Å². The van der Waals surface area contributed by atoms with Crippen molar-refractivity contribution in [2.75, 3.05) is 18.5 Å². The number of aromatic nitrogens is 1. The van der Waals surface area contributed by atoms with Gasteiger partial charge in [-0.3, -0.25) is 0 Å². The number of anilines is 1. The van der Waals surface area contributed by atoms with Gasteiger partial charge in [-0.2, -0.15) is 0 Å². The van der Waals surface area contributed by atoms with Gasteiger partial charge in [-0.1, -0.05) is 25.1 Å². The molecule has 0 aliphatic heterocycles. The summed E-state index contributed by atoms with van der Waals surface area (Å²) >= 11 is 0. The van der Waals surface area contributed by atoms with Crippen LogP contribution in [0.15, 0.2) is 30.3 Å². The van der Waals surface area contributed by atoms with Gasteiger partial charge in [0.1, 0.15) is 5.82 Å². The fourth-order valence-electron chi connectivity index (χ4n) is 2.93. The molecule has 1 aliphatic rings. The number of hydrogen-bond acceptors (Lipinski definition) is 3. The number of rotatable bonds is 6. The summed E-state index contributed by atoms with van der Waals surface area (Å²) in [5, 5.41) is 4.75. The van der Waals surface area contributed by atoms with E-state index >= 15 is 0 Å². The first-order chi connectivity index (χ1) is 10.3. The first-order valence-corrected chi connectivity index (χ1v) is 8.12. The van der Waals surface area contributed by atoms with Gasteiger partial charge in [0.05, 0.1) is 5.52 Å². The van der Waals surface area contributed by atoms with Gasteiger partial charge in [0.2, 0.25) is 0 Å². The van der Waals surface area contributed by atoms with E-state index in [0.717, 1.165) is 30.8 Å². The van der Waals surface area contributed by atoms with Crippen molar-refractivity contribution in [2.45, 2.75) is 45.2 Å². The fourth-order valence-corrected chi connectivity index (χ4v) is 2.93. The lowest BCUT2D eigenvalue weighted by Gasteiger charge is -2.36. The monoisotopic (exact) mass is 283 g/mol. The van der Waals surface area contributed by atoms with Crippen LogP contribution in [0.1, 0.15) is 38.2 Å². The summed E-state index contributed by atoms with van der Waals surface area (Å²) in [7, 11) is 2.20. The Morgan fingerprint density at radius 3 is 2.81 bits per heavy atom. The number of pyridine rings is 1. The molecule has 0 bridgehead atoms. The van der Waals surface area contributed by atoms with Crippen LogP contribution in [0, 0.1) is 0 Å². The maximum absolute atomic E-state index is 4.94. The van der Waals surface area contributed by atoms with Crippen LogP contribution in [0.4, 0.5) is 5.82 Å². The Morgan fingerprint density at radius 2 is 2.10 bits per heavy atom. The predicted octanol–water partition coefficient (Wildman–Crippen LogP) is 3.72. The Labute approximate surface area is 127 Å². The van der Waals surface area contributed by atoms with Crippen molar-refractivity contribution in [1.82, 2.24) is 10.3 Å². The normalized spacial score (nSPS) is 15.1. The van der Waals surface area contributed by atoms with Crippen LogP contribution in [0.3, 0.4) is 0 Å². The molecule has 1 aliphatic carbocycles. The maximum atomic E-state index is 4.94. The molecule has 1 saturated carbocycles. The third-order valence-electron chi connectivity index (χ3n) is 4.48. The highest BCUT2D eigenvalue weighted by atomic mass is 15.2. The summed E-state index contributed by atoms with van der Waals surface area (Å²) in [6.45, 7) is 4.16. The molecule has 0 unspecified atom stereocenters. The van der Waals surface area contributed by atoms with E-state index in [1.54, 1.807) is 0 Å². The van der Waals surface area contributed by atoms with Crippen LogP contribution in [0.2, 0.25) is 0 Å². The van der Waals surface area contributed by atoms with E-state index in [1.807, 2.05) is 0 Å². The standard InChI is InChI=1S/C18H25N3/c1-3-11-19-13-15-12-14-7-4-5-10-17(14)20-18(15)21(2)16-8-6-9-16/h4-5,7,10,12,16,19H,3,6,8-9,11,13H2,1-2H3. The van der Waals surface area contributed by atoms with Crippen molar-refractivity contribution in [1.29, 1.82) is 0 Å². The zero-order chi connectivity index (χ0) is 14.7. The lowest BCUT2D eigenvalue weighted by molar-refractivity contribution is 0.398. The second kappa shape index (κ2) is 6.44. The Hall–Kier alpha value is -1.61. The number of nitrogens with one attached hydrogen (secondary N) is 1. The van der Waals surface area contributed by atoms with Gasteiger partial charge in [0.15, 0.2) is 0 Å². The molecular formula is C18H25N3. The smallest absolute Gasteiger partial charge is 0.133 e. The van der Waals surface area contributed by atoms with Crippen LogP contribution in [-0.2, 0) is 6.54 Å². The van der Waals surface area contributed by atoms with Gasteiger partial charge in [-0.15, -0.1) is 0 Å². The Balaban J connectivity index is 1.94. The molecule has 0 amide bonds. The van der Waals surface area contributed by atoms with Crippen LogP contribution < -0.4 is 10.2 Å². The van der Waals surface area contributed by atoms with Gasteiger partial charge >= 0.3 is 0 Å². The van der Waals surface area contributed by atoms with Gasteiger partial charge < -0.3 is 10.2 Å². The van der Waals surface area contributed by atoms with Gasteiger partial charge in [-0.25, -0.2) is 4.98 Å². The highest BCUT2D eigenvalue weighted by Crippen LogP contribution is 2.30. The summed E-state index contributed by atoms with van der Waals surface area (Å²) in [4.78, 5) is 7.33. The third kappa shape index (κ3) is 3.03. The Kier molecular flexibility index (Phi) is 4.39. The van der Waals surface area contributed by atoms with E-state index in [0.29, 0.717) is 6.04 Å². The highest BCUT2D eigenvalue weighted by Gasteiger charge is 2.24. The molecule has 0 atom stereocenters. The third-order valence-corrected chi connectivity index (χ3v) is 4.48. The molecule has 112 valence electrons. The second-order valence-corrected chi connectivity index (χ2v) is 6.04. The largest absolute Gasteiger partial charge is 0.356 e. The second-order valence-electron chi connectivity index (χ2n) is 6.04. The maximum Gasteiger partial charge on any atom is 0.133 e. The van der Waals surface area contributed by atoms with E-state index < -0.39 is 0 Å². The molecule has 1 aromatic heterocycles. The van der Waals surface area contributed by atoms with Gasteiger partial charge in [0.25, 0.3) is 0 Å². The van der Waals surface area contributed by atoms with E-state index in [2.05, 4.69) is 54.5 Å². The number of benzene rings is 1. The SMILES string of the molecule is CCCNCc1cc2ccccc2nc1N(C)C1CCC1. The van der Waals surface area contributed by atoms with E-state index in [1.165, 1.54) is 30.2 Å². The zero-order valence-corrected chi connectivity index (χ0v) is 13.1. The summed E-state index contributed by atoms with van der Waals surface area (Å²) in [5.74, 6) is 1.15. The van der Waals surface area contributed by atoms with E-state index in [9.17, 15) is 0 Å². The summed E-state index contributed by atoms with van der Waals surface area (Å²) < 4.78 is 0. The minimum Gasteiger partial charge on any atom is -0.356 e. The molecule has 0 saturated heterocycles. The Morgan fingerprint density at radius 1 is 1.29 bits per heavy atom. The van der Waals surface area contributed by atoms with Crippen molar-refractivity contribution in [3.8, 4) is 0 Å². The van der Waals surface area contributed by atoms with E-state index in [-0.39, 0.29) is 0 Å². The molecule has 3 rings (SSSR count). The quantitative estimate of drug-likeness (QED) is 0.819. The minimum absolute atomic E-state index is 0.670. The van der Waals surface area contributed by atoms with Gasteiger partial charge in [-0.05, 0) is 44.4 Å².